The smallest absolute Gasteiger partial charge is 0.256 e. The zero-order valence-corrected chi connectivity index (χ0v) is 12.2. The zero-order chi connectivity index (χ0) is 14.0. The van der Waals surface area contributed by atoms with E-state index in [0.717, 1.165) is 44.1 Å². The highest BCUT2D eigenvalue weighted by Crippen LogP contribution is 2.43. The van der Waals surface area contributed by atoms with Crippen LogP contribution in [0.15, 0.2) is 30.3 Å². The minimum atomic E-state index is -0.313. The van der Waals surface area contributed by atoms with Crippen molar-refractivity contribution in [1.29, 1.82) is 0 Å². The molecule has 0 radical (unpaired) electrons. The van der Waals surface area contributed by atoms with Gasteiger partial charge < -0.3 is 9.64 Å². The van der Waals surface area contributed by atoms with Crippen LogP contribution < -0.4 is 0 Å². The minimum Gasteiger partial charge on any atom is -0.353 e. The maximum absolute atomic E-state index is 12.9. The quantitative estimate of drug-likeness (QED) is 0.842. The van der Waals surface area contributed by atoms with E-state index in [0.29, 0.717) is 6.61 Å². The number of benzene rings is 1. The lowest BCUT2D eigenvalue weighted by atomic mass is 10.0. The summed E-state index contributed by atoms with van der Waals surface area (Å²) in [6.07, 6.45) is 6.43. The molecule has 1 aromatic rings. The molecule has 1 atom stereocenters. The van der Waals surface area contributed by atoms with Gasteiger partial charge in [0.05, 0.1) is 12.6 Å². The maximum atomic E-state index is 12.9. The number of hydrogen-bond acceptors (Lipinski definition) is 2. The molecule has 1 heterocycles. The standard InChI is InChI=1S/C17H23NO2/c1-2-8-15-13-20-17(11-6-7-12-17)18(15)16(19)14-9-4-3-5-10-14/h3-5,9-10,15H,2,6-8,11-13H2,1H3/t15-/m1/s1. The summed E-state index contributed by atoms with van der Waals surface area (Å²) in [6, 6.07) is 9.87. The Hall–Kier alpha value is -1.35. The molecule has 2 fully saturated rings. The second-order valence-electron chi connectivity index (χ2n) is 5.95. The third-order valence-electron chi connectivity index (χ3n) is 4.59. The Morgan fingerprint density at radius 2 is 2.00 bits per heavy atom. The molecule has 20 heavy (non-hydrogen) atoms. The fourth-order valence-corrected chi connectivity index (χ4v) is 3.66. The van der Waals surface area contributed by atoms with Gasteiger partial charge in [0.15, 0.2) is 0 Å². The van der Waals surface area contributed by atoms with Gasteiger partial charge in [-0.25, -0.2) is 0 Å². The van der Waals surface area contributed by atoms with Gasteiger partial charge in [-0.3, -0.25) is 4.79 Å². The number of amides is 1. The van der Waals surface area contributed by atoms with Gasteiger partial charge in [-0.2, -0.15) is 0 Å². The van der Waals surface area contributed by atoms with Gasteiger partial charge in [-0.15, -0.1) is 0 Å². The van der Waals surface area contributed by atoms with Crippen molar-refractivity contribution in [3.8, 4) is 0 Å². The first-order valence-electron chi connectivity index (χ1n) is 7.79. The highest BCUT2D eigenvalue weighted by Gasteiger charge is 2.51. The Morgan fingerprint density at radius 3 is 2.65 bits per heavy atom. The van der Waals surface area contributed by atoms with Gasteiger partial charge in [0.25, 0.3) is 5.91 Å². The summed E-state index contributed by atoms with van der Waals surface area (Å²) in [5, 5.41) is 0. The summed E-state index contributed by atoms with van der Waals surface area (Å²) in [5.74, 6) is 0.142. The molecule has 1 saturated carbocycles. The zero-order valence-electron chi connectivity index (χ0n) is 12.2. The van der Waals surface area contributed by atoms with Crippen molar-refractivity contribution >= 4 is 5.91 Å². The topological polar surface area (TPSA) is 29.5 Å². The monoisotopic (exact) mass is 273 g/mol. The van der Waals surface area contributed by atoms with Gasteiger partial charge in [0.1, 0.15) is 5.72 Å². The van der Waals surface area contributed by atoms with E-state index in [-0.39, 0.29) is 17.7 Å². The van der Waals surface area contributed by atoms with E-state index in [9.17, 15) is 4.79 Å². The van der Waals surface area contributed by atoms with Gasteiger partial charge in [0, 0.05) is 5.56 Å². The molecule has 108 valence electrons. The van der Waals surface area contributed by atoms with Crippen molar-refractivity contribution < 1.29 is 9.53 Å². The van der Waals surface area contributed by atoms with E-state index in [4.69, 9.17) is 4.74 Å². The van der Waals surface area contributed by atoms with Crippen LogP contribution in [-0.4, -0.2) is 29.2 Å². The van der Waals surface area contributed by atoms with Crippen molar-refractivity contribution in [2.45, 2.75) is 57.2 Å². The van der Waals surface area contributed by atoms with Crippen LogP contribution in [0, 0.1) is 0 Å². The Morgan fingerprint density at radius 1 is 1.30 bits per heavy atom. The summed E-state index contributed by atoms with van der Waals surface area (Å²) < 4.78 is 6.13. The molecule has 2 aliphatic rings. The van der Waals surface area contributed by atoms with E-state index in [1.165, 1.54) is 0 Å². The van der Waals surface area contributed by atoms with Crippen molar-refractivity contribution in [1.82, 2.24) is 4.90 Å². The molecular weight excluding hydrogens is 250 g/mol. The molecule has 0 aromatic heterocycles. The second kappa shape index (κ2) is 5.57. The summed E-state index contributed by atoms with van der Waals surface area (Å²) in [4.78, 5) is 15.0. The third kappa shape index (κ3) is 2.24. The van der Waals surface area contributed by atoms with Gasteiger partial charge in [-0.05, 0) is 44.2 Å². The Labute approximate surface area is 120 Å². The molecule has 1 aliphatic heterocycles. The average Bonchev–Trinajstić information content (AvgIpc) is 3.09. The lowest BCUT2D eigenvalue weighted by Crippen LogP contribution is -2.50. The molecule has 1 amide bonds. The normalized spacial score (nSPS) is 24.4. The van der Waals surface area contributed by atoms with Crippen LogP contribution in [0.2, 0.25) is 0 Å². The van der Waals surface area contributed by atoms with E-state index in [1.807, 2.05) is 30.3 Å². The molecular formula is C17H23NO2. The number of carbonyl (C=O) groups excluding carboxylic acids is 1. The predicted molar refractivity (Wildman–Crippen MR) is 78.5 cm³/mol. The lowest BCUT2D eigenvalue weighted by molar-refractivity contribution is -0.0643. The molecule has 1 saturated heterocycles. The predicted octanol–water partition coefficient (Wildman–Crippen LogP) is 3.60. The van der Waals surface area contributed by atoms with Crippen LogP contribution >= 0.6 is 0 Å². The molecule has 0 unspecified atom stereocenters. The summed E-state index contributed by atoms with van der Waals surface area (Å²) in [5.41, 5.74) is 0.470. The molecule has 1 aliphatic carbocycles. The number of hydrogen-bond donors (Lipinski definition) is 0. The van der Waals surface area contributed by atoms with E-state index >= 15 is 0 Å². The highest BCUT2D eigenvalue weighted by atomic mass is 16.5. The molecule has 1 aromatic carbocycles. The highest BCUT2D eigenvalue weighted by molar-refractivity contribution is 5.95. The summed E-state index contributed by atoms with van der Waals surface area (Å²) in [6.45, 7) is 2.87. The number of ether oxygens (including phenoxy) is 1. The van der Waals surface area contributed by atoms with E-state index < -0.39 is 0 Å². The first kappa shape index (κ1) is 13.6. The third-order valence-corrected chi connectivity index (χ3v) is 4.59. The van der Waals surface area contributed by atoms with Crippen LogP contribution in [0.1, 0.15) is 55.8 Å². The fraction of sp³-hybridized carbons (Fsp3) is 0.588. The molecule has 0 bridgehead atoms. The molecule has 0 N–H and O–H groups in total. The van der Waals surface area contributed by atoms with Crippen molar-refractivity contribution in [3.63, 3.8) is 0 Å². The second-order valence-corrected chi connectivity index (χ2v) is 5.95. The van der Waals surface area contributed by atoms with Crippen LogP contribution in [0.4, 0.5) is 0 Å². The molecule has 3 heteroatoms. The number of nitrogens with zero attached hydrogens (tertiary/aromatic N) is 1. The van der Waals surface area contributed by atoms with Gasteiger partial charge in [0.2, 0.25) is 0 Å². The maximum Gasteiger partial charge on any atom is 0.256 e. The SMILES string of the molecule is CCC[C@@H]1COC2(CCCC2)N1C(=O)c1ccccc1. The number of carbonyl (C=O) groups is 1. The average molecular weight is 273 g/mol. The van der Waals surface area contributed by atoms with Crippen LogP contribution in [0.25, 0.3) is 0 Å². The lowest BCUT2D eigenvalue weighted by Gasteiger charge is -2.36. The number of rotatable bonds is 3. The molecule has 1 spiro atoms. The van der Waals surface area contributed by atoms with E-state index in [1.54, 1.807) is 0 Å². The first-order chi connectivity index (χ1) is 9.77. The van der Waals surface area contributed by atoms with Gasteiger partial charge in [-0.1, -0.05) is 31.5 Å². The first-order valence-corrected chi connectivity index (χ1v) is 7.79. The minimum absolute atomic E-state index is 0.142. The van der Waals surface area contributed by atoms with Gasteiger partial charge >= 0.3 is 0 Å². The van der Waals surface area contributed by atoms with Crippen molar-refractivity contribution in [2.24, 2.45) is 0 Å². The van der Waals surface area contributed by atoms with Crippen molar-refractivity contribution in [2.75, 3.05) is 6.61 Å². The van der Waals surface area contributed by atoms with E-state index in [2.05, 4.69) is 11.8 Å². The van der Waals surface area contributed by atoms with Crippen LogP contribution in [-0.2, 0) is 4.74 Å². The summed E-state index contributed by atoms with van der Waals surface area (Å²) in [7, 11) is 0. The molecule has 3 nitrogen and oxygen atoms in total. The Bertz CT molecular complexity index is 465. The van der Waals surface area contributed by atoms with Crippen LogP contribution in [0.3, 0.4) is 0 Å². The van der Waals surface area contributed by atoms with Crippen LogP contribution in [0.5, 0.6) is 0 Å². The molecule has 3 rings (SSSR count). The summed E-state index contributed by atoms with van der Waals surface area (Å²) >= 11 is 0. The Balaban J connectivity index is 1.90. The van der Waals surface area contributed by atoms with Crippen molar-refractivity contribution in [3.05, 3.63) is 35.9 Å². The fourth-order valence-electron chi connectivity index (χ4n) is 3.66. The largest absolute Gasteiger partial charge is 0.353 e. The Kier molecular flexibility index (Phi) is 3.79.